The van der Waals surface area contributed by atoms with Crippen molar-refractivity contribution in [2.24, 2.45) is 0 Å². The highest BCUT2D eigenvalue weighted by Crippen LogP contribution is 2.35. The van der Waals surface area contributed by atoms with Gasteiger partial charge in [-0.2, -0.15) is 0 Å². The second-order valence-corrected chi connectivity index (χ2v) is 4.94. The summed E-state index contributed by atoms with van der Waals surface area (Å²) in [6, 6.07) is 5.71. The fraction of sp³-hybridized carbons (Fsp3) is 0.300. The summed E-state index contributed by atoms with van der Waals surface area (Å²) in [5.74, 6) is -0.0277. The maximum atomic E-state index is 11.2. The number of halogens is 2. The lowest BCUT2D eigenvalue weighted by molar-refractivity contribution is -0.116. The molecule has 1 atom stereocenters. The van der Waals surface area contributed by atoms with E-state index in [0.29, 0.717) is 0 Å². The van der Waals surface area contributed by atoms with Gasteiger partial charge >= 0.3 is 0 Å². The number of rotatable bonds is 3. The molecule has 0 aliphatic rings. The molecule has 76 valence electrons. The molecule has 1 aromatic rings. The van der Waals surface area contributed by atoms with Gasteiger partial charge in [-0.3, -0.25) is 4.79 Å². The third-order valence-corrected chi connectivity index (χ3v) is 4.16. The molecule has 14 heavy (non-hydrogen) atoms. The van der Waals surface area contributed by atoms with Crippen molar-refractivity contribution in [3.05, 3.63) is 28.2 Å². The molecule has 0 amide bonds. The van der Waals surface area contributed by atoms with Crippen molar-refractivity contribution in [1.29, 1.82) is 0 Å². The Morgan fingerprint density at radius 1 is 1.57 bits per heavy atom. The maximum Gasteiger partial charge on any atom is 0.152 e. The average Bonchev–Trinajstić information content (AvgIpc) is 2.16. The summed E-state index contributed by atoms with van der Waals surface area (Å²) in [7, 11) is 0. The highest BCUT2D eigenvalue weighted by molar-refractivity contribution is 9.10. The summed E-state index contributed by atoms with van der Waals surface area (Å²) in [6.45, 7) is 1.50. The van der Waals surface area contributed by atoms with E-state index >= 15 is 0 Å². The summed E-state index contributed by atoms with van der Waals surface area (Å²) in [5, 5.41) is -0.546. The second kappa shape index (κ2) is 5.19. The van der Waals surface area contributed by atoms with Gasteiger partial charge in [-0.1, -0.05) is 12.1 Å². The van der Waals surface area contributed by atoms with E-state index in [4.69, 9.17) is 11.6 Å². The first-order valence-corrected chi connectivity index (χ1v) is 6.50. The zero-order valence-electron chi connectivity index (χ0n) is 7.88. The highest BCUT2D eigenvalue weighted by Gasteiger charge is 2.17. The predicted molar refractivity (Wildman–Crippen MR) is 65.2 cm³/mol. The summed E-state index contributed by atoms with van der Waals surface area (Å²) < 4.78 is 0.981. The highest BCUT2D eigenvalue weighted by atomic mass is 79.9. The van der Waals surface area contributed by atoms with Crippen molar-refractivity contribution in [2.75, 3.05) is 6.26 Å². The molecule has 0 spiro atoms. The van der Waals surface area contributed by atoms with Gasteiger partial charge in [0.05, 0.1) is 0 Å². The Morgan fingerprint density at radius 3 is 2.71 bits per heavy atom. The number of hydrogen-bond acceptors (Lipinski definition) is 2. The van der Waals surface area contributed by atoms with E-state index in [2.05, 4.69) is 15.9 Å². The first-order valence-electron chi connectivity index (χ1n) is 4.05. The van der Waals surface area contributed by atoms with Crippen LogP contribution in [0.4, 0.5) is 0 Å². The van der Waals surface area contributed by atoms with Crippen molar-refractivity contribution in [3.8, 4) is 0 Å². The number of alkyl halides is 1. The van der Waals surface area contributed by atoms with Crippen molar-refractivity contribution in [2.45, 2.75) is 17.2 Å². The van der Waals surface area contributed by atoms with E-state index in [-0.39, 0.29) is 5.78 Å². The molecule has 1 aromatic carbocycles. The van der Waals surface area contributed by atoms with Crippen molar-refractivity contribution in [3.63, 3.8) is 0 Å². The quantitative estimate of drug-likeness (QED) is 0.618. The number of benzene rings is 1. The van der Waals surface area contributed by atoms with E-state index in [9.17, 15) is 4.79 Å². The minimum absolute atomic E-state index is 0.0277. The molecule has 0 fully saturated rings. The van der Waals surface area contributed by atoms with E-state index < -0.39 is 5.38 Å². The fourth-order valence-corrected chi connectivity index (χ4v) is 2.96. The standard InChI is InChI=1S/C10H10BrClOS/c1-6(13)9(12)7-4-3-5-8(11)10(7)14-2/h3-5,9H,1-2H3. The van der Waals surface area contributed by atoms with Gasteiger partial charge in [0.2, 0.25) is 0 Å². The number of carbonyl (C=O) groups excluding carboxylic acids is 1. The van der Waals surface area contributed by atoms with E-state index in [1.165, 1.54) is 6.92 Å². The molecule has 0 aliphatic heterocycles. The van der Waals surface area contributed by atoms with E-state index in [0.717, 1.165) is 14.9 Å². The van der Waals surface area contributed by atoms with Gasteiger partial charge in [0.15, 0.2) is 5.78 Å². The third-order valence-electron chi connectivity index (χ3n) is 1.83. The molecule has 0 N–H and O–H groups in total. The molecule has 0 aliphatic carbocycles. The molecule has 0 saturated heterocycles. The number of hydrogen-bond donors (Lipinski definition) is 0. The molecular weight excluding hydrogens is 284 g/mol. The van der Waals surface area contributed by atoms with Crippen LogP contribution in [-0.4, -0.2) is 12.0 Å². The van der Waals surface area contributed by atoms with Crippen molar-refractivity contribution in [1.82, 2.24) is 0 Å². The number of ketones is 1. The largest absolute Gasteiger partial charge is 0.298 e. The Kier molecular flexibility index (Phi) is 4.48. The minimum atomic E-state index is -0.546. The Morgan fingerprint density at radius 2 is 2.21 bits per heavy atom. The molecule has 1 rings (SSSR count). The Hall–Kier alpha value is 0.01000. The molecule has 0 aromatic heterocycles. The summed E-state index contributed by atoms with van der Waals surface area (Å²) >= 11 is 11.0. The zero-order chi connectivity index (χ0) is 10.7. The molecule has 0 saturated carbocycles. The van der Waals surface area contributed by atoms with Crippen molar-refractivity contribution < 1.29 is 4.79 Å². The van der Waals surface area contributed by atoms with Crippen LogP contribution in [0, 0.1) is 0 Å². The third kappa shape index (κ3) is 2.53. The lowest BCUT2D eigenvalue weighted by Crippen LogP contribution is -2.03. The number of carbonyl (C=O) groups is 1. The van der Waals surface area contributed by atoms with Gasteiger partial charge in [-0.15, -0.1) is 23.4 Å². The van der Waals surface area contributed by atoms with Crippen LogP contribution in [0.3, 0.4) is 0 Å². The lowest BCUT2D eigenvalue weighted by Gasteiger charge is -2.12. The van der Waals surface area contributed by atoms with E-state index in [1.807, 2.05) is 24.5 Å². The Labute approximate surface area is 101 Å². The maximum absolute atomic E-state index is 11.2. The second-order valence-electron chi connectivity index (χ2n) is 2.84. The van der Waals surface area contributed by atoms with Crippen LogP contribution in [0.15, 0.2) is 27.6 Å². The molecule has 1 nitrogen and oxygen atoms in total. The molecule has 0 bridgehead atoms. The summed E-state index contributed by atoms with van der Waals surface area (Å²) in [6.07, 6.45) is 1.97. The van der Waals surface area contributed by atoms with Gasteiger partial charge < -0.3 is 0 Å². The van der Waals surface area contributed by atoms with Crippen LogP contribution in [-0.2, 0) is 4.79 Å². The van der Waals surface area contributed by atoms with Gasteiger partial charge in [0.1, 0.15) is 5.38 Å². The Bertz CT molecular complexity index is 354. The SMILES string of the molecule is CSc1c(Br)cccc1C(Cl)C(C)=O. The van der Waals surface area contributed by atoms with Gasteiger partial charge in [0.25, 0.3) is 0 Å². The molecule has 1 unspecified atom stereocenters. The predicted octanol–water partition coefficient (Wildman–Crippen LogP) is 4.04. The summed E-state index contributed by atoms with van der Waals surface area (Å²) in [4.78, 5) is 12.2. The first-order chi connectivity index (χ1) is 6.57. The van der Waals surface area contributed by atoms with Crippen LogP contribution in [0.1, 0.15) is 17.9 Å². The number of thioether (sulfide) groups is 1. The minimum Gasteiger partial charge on any atom is -0.298 e. The van der Waals surface area contributed by atoms with Gasteiger partial charge in [-0.25, -0.2) is 0 Å². The van der Waals surface area contributed by atoms with Crippen LogP contribution >= 0.6 is 39.3 Å². The van der Waals surface area contributed by atoms with Gasteiger partial charge in [-0.05, 0) is 40.7 Å². The molecule has 4 heteroatoms. The fourth-order valence-electron chi connectivity index (χ4n) is 1.16. The normalized spacial score (nSPS) is 12.6. The zero-order valence-corrected chi connectivity index (χ0v) is 11.0. The molecule has 0 heterocycles. The van der Waals surface area contributed by atoms with E-state index in [1.54, 1.807) is 11.8 Å². The van der Waals surface area contributed by atoms with Crippen LogP contribution in [0.2, 0.25) is 0 Å². The molecular formula is C10H10BrClOS. The summed E-state index contributed by atoms with van der Waals surface area (Å²) in [5.41, 5.74) is 0.876. The first kappa shape index (κ1) is 12.1. The number of Topliss-reactive ketones (excluding diaryl/α,β-unsaturated/α-hetero) is 1. The monoisotopic (exact) mass is 292 g/mol. The smallest absolute Gasteiger partial charge is 0.152 e. The van der Waals surface area contributed by atoms with Crippen molar-refractivity contribution >= 4 is 45.1 Å². The van der Waals surface area contributed by atoms with Crippen LogP contribution in [0.25, 0.3) is 0 Å². The Balaban J connectivity index is 3.20. The van der Waals surface area contributed by atoms with Crippen LogP contribution in [0.5, 0.6) is 0 Å². The average molecular weight is 294 g/mol. The lowest BCUT2D eigenvalue weighted by atomic mass is 10.1. The van der Waals surface area contributed by atoms with Crippen LogP contribution < -0.4 is 0 Å². The van der Waals surface area contributed by atoms with Gasteiger partial charge in [0, 0.05) is 9.37 Å². The topological polar surface area (TPSA) is 17.1 Å². The molecule has 0 radical (unpaired) electrons.